The Labute approximate surface area is 157 Å². The van der Waals surface area contributed by atoms with Crippen molar-refractivity contribution >= 4 is 22.8 Å². The van der Waals surface area contributed by atoms with Crippen molar-refractivity contribution in [1.82, 2.24) is 19.9 Å². The summed E-state index contributed by atoms with van der Waals surface area (Å²) in [5, 5.41) is 3.76. The maximum Gasteiger partial charge on any atom is 0.251 e. The average molecular weight is 359 g/mol. The van der Waals surface area contributed by atoms with Gasteiger partial charge in [-0.3, -0.25) is 4.79 Å². The van der Waals surface area contributed by atoms with Gasteiger partial charge < -0.3 is 15.6 Å². The fourth-order valence-corrected chi connectivity index (χ4v) is 2.97. The second-order valence-corrected chi connectivity index (χ2v) is 7.08. The van der Waals surface area contributed by atoms with E-state index in [1.807, 2.05) is 29.0 Å². The first-order valence-corrected chi connectivity index (χ1v) is 9.07. The lowest BCUT2D eigenvalue weighted by Gasteiger charge is -2.07. The van der Waals surface area contributed by atoms with Crippen LogP contribution in [0.25, 0.3) is 11.0 Å². The van der Waals surface area contributed by atoms with E-state index in [0.717, 1.165) is 35.0 Å². The molecule has 0 saturated heterocycles. The molecule has 1 amide bonds. The highest BCUT2D eigenvalue weighted by Gasteiger charge is 2.23. The van der Waals surface area contributed by atoms with Gasteiger partial charge in [0.05, 0.1) is 10.9 Å². The van der Waals surface area contributed by atoms with E-state index < -0.39 is 0 Å². The molecule has 1 aliphatic rings. The highest BCUT2D eigenvalue weighted by molar-refractivity contribution is 5.95. The largest absolute Gasteiger partial charge is 0.383 e. The maximum atomic E-state index is 12.2. The molecule has 4 rings (SSSR count). The molecule has 0 atom stereocenters. The second kappa shape index (κ2) is 6.76. The van der Waals surface area contributed by atoms with Crippen LogP contribution in [0.15, 0.2) is 36.8 Å². The quantitative estimate of drug-likeness (QED) is 0.704. The third-order valence-corrected chi connectivity index (χ3v) is 4.57. The molecular formula is C21H21N5O. The number of carbonyl (C=O) groups excluding carboxylic acids is 1. The number of aromatic nitrogens is 3. The highest BCUT2D eigenvalue weighted by Crippen LogP contribution is 2.26. The van der Waals surface area contributed by atoms with Crippen LogP contribution < -0.4 is 11.1 Å². The fraction of sp³-hybridized carbons (Fsp3) is 0.286. The van der Waals surface area contributed by atoms with Crippen molar-refractivity contribution in [3.63, 3.8) is 0 Å². The van der Waals surface area contributed by atoms with Crippen molar-refractivity contribution in [3.05, 3.63) is 53.5 Å². The lowest BCUT2D eigenvalue weighted by Crippen LogP contribution is -2.25. The number of nitrogens with two attached hydrogens (primary N) is 1. The summed E-state index contributed by atoms with van der Waals surface area (Å²) in [5.41, 5.74) is 9.03. The summed E-state index contributed by atoms with van der Waals surface area (Å²) in [7, 11) is 0. The average Bonchev–Trinajstić information content (AvgIpc) is 3.38. The van der Waals surface area contributed by atoms with Crippen molar-refractivity contribution in [3.8, 4) is 11.8 Å². The molecule has 3 aromatic rings. The molecular weight excluding hydrogens is 338 g/mol. The van der Waals surface area contributed by atoms with Crippen LogP contribution in [-0.2, 0) is 0 Å². The summed E-state index contributed by atoms with van der Waals surface area (Å²) in [5.74, 6) is 6.69. The van der Waals surface area contributed by atoms with Crippen molar-refractivity contribution in [2.75, 3.05) is 5.73 Å². The van der Waals surface area contributed by atoms with E-state index in [1.165, 1.54) is 6.33 Å². The molecule has 1 saturated carbocycles. The van der Waals surface area contributed by atoms with Crippen molar-refractivity contribution in [1.29, 1.82) is 0 Å². The van der Waals surface area contributed by atoms with Gasteiger partial charge in [0, 0.05) is 29.4 Å². The third-order valence-electron chi connectivity index (χ3n) is 4.57. The van der Waals surface area contributed by atoms with Gasteiger partial charge in [0.15, 0.2) is 0 Å². The number of carbonyl (C=O) groups is 1. The second-order valence-electron chi connectivity index (χ2n) is 7.08. The summed E-state index contributed by atoms with van der Waals surface area (Å²) < 4.78 is 2.04. The van der Waals surface area contributed by atoms with Crippen LogP contribution >= 0.6 is 0 Å². The van der Waals surface area contributed by atoms with Crippen LogP contribution in [0.5, 0.6) is 0 Å². The number of hydrogen-bond donors (Lipinski definition) is 2. The molecule has 1 aliphatic carbocycles. The summed E-state index contributed by atoms with van der Waals surface area (Å²) in [6.45, 7) is 4.16. The summed E-state index contributed by atoms with van der Waals surface area (Å²) in [4.78, 5) is 20.7. The molecule has 2 aromatic heterocycles. The molecule has 0 spiro atoms. The van der Waals surface area contributed by atoms with Gasteiger partial charge in [-0.1, -0.05) is 17.9 Å². The Hall–Kier alpha value is -3.33. The highest BCUT2D eigenvalue weighted by atomic mass is 16.1. The molecule has 0 unspecified atom stereocenters. The minimum absolute atomic E-state index is 0.0461. The molecule has 2 heterocycles. The predicted molar refractivity (Wildman–Crippen MR) is 105 cm³/mol. The number of anilines is 1. The topological polar surface area (TPSA) is 85.8 Å². The van der Waals surface area contributed by atoms with Crippen molar-refractivity contribution < 1.29 is 4.79 Å². The van der Waals surface area contributed by atoms with Gasteiger partial charge in [-0.05, 0) is 44.9 Å². The van der Waals surface area contributed by atoms with E-state index in [1.54, 1.807) is 6.07 Å². The number of hydrogen-bond acceptors (Lipinski definition) is 4. The molecule has 1 fully saturated rings. The first kappa shape index (κ1) is 17.1. The minimum Gasteiger partial charge on any atom is -0.383 e. The SMILES string of the molecule is CC(C)n1cc(C#Cc2cccc(C(=O)NC3CC3)c2)c2c(N)ncnc21. The number of nitrogen functional groups attached to an aromatic ring is 1. The third kappa shape index (κ3) is 3.49. The van der Waals surface area contributed by atoms with Gasteiger partial charge in [0.25, 0.3) is 5.91 Å². The molecule has 6 heteroatoms. The van der Waals surface area contributed by atoms with Crippen LogP contribution in [0.1, 0.15) is 54.2 Å². The molecule has 6 nitrogen and oxygen atoms in total. The van der Waals surface area contributed by atoms with Crippen LogP contribution in [0.4, 0.5) is 5.82 Å². The number of rotatable bonds is 3. The molecule has 0 bridgehead atoms. The zero-order valence-electron chi connectivity index (χ0n) is 15.4. The van der Waals surface area contributed by atoms with E-state index in [4.69, 9.17) is 5.73 Å². The Kier molecular flexibility index (Phi) is 4.28. The summed E-state index contributed by atoms with van der Waals surface area (Å²) in [6.07, 6.45) is 5.55. The molecule has 136 valence electrons. The van der Waals surface area contributed by atoms with Gasteiger partial charge in [0.2, 0.25) is 0 Å². The monoisotopic (exact) mass is 359 g/mol. The van der Waals surface area contributed by atoms with Crippen molar-refractivity contribution in [2.45, 2.75) is 38.8 Å². The van der Waals surface area contributed by atoms with E-state index in [2.05, 4.69) is 41.0 Å². The normalized spacial score (nSPS) is 13.4. The van der Waals surface area contributed by atoms with Gasteiger partial charge in [-0.25, -0.2) is 9.97 Å². The number of nitrogens with one attached hydrogen (secondary N) is 1. The zero-order valence-corrected chi connectivity index (χ0v) is 15.4. The van der Waals surface area contributed by atoms with E-state index in [-0.39, 0.29) is 11.9 Å². The summed E-state index contributed by atoms with van der Waals surface area (Å²) in [6, 6.07) is 7.92. The Morgan fingerprint density at radius 3 is 2.85 bits per heavy atom. The molecule has 1 aromatic carbocycles. The molecule has 0 aliphatic heterocycles. The Bertz CT molecular complexity index is 1080. The van der Waals surface area contributed by atoms with Gasteiger partial charge in [0.1, 0.15) is 17.8 Å². The number of nitrogens with zero attached hydrogens (tertiary/aromatic N) is 3. The zero-order chi connectivity index (χ0) is 19.0. The maximum absolute atomic E-state index is 12.2. The fourth-order valence-electron chi connectivity index (χ4n) is 2.97. The van der Waals surface area contributed by atoms with E-state index in [9.17, 15) is 4.79 Å². The Balaban J connectivity index is 1.69. The summed E-state index contributed by atoms with van der Waals surface area (Å²) >= 11 is 0. The smallest absolute Gasteiger partial charge is 0.251 e. The first-order valence-electron chi connectivity index (χ1n) is 9.07. The first-order chi connectivity index (χ1) is 13.0. The van der Waals surface area contributed by atoms with Crippen LogP contribution in [-0.4, -0.2) is 26.5 Å². The van der Waals surface area contributed by atoms with Crippen LogP contribution in [0.2, 0.25) is 0 Å². The number of benzene rings is 1. The number of fused-ring (bicyclic) bond motifs is 1. The predicted octanol–water partition coefficient (Wildman–Crippen LogP) is 2.89. The minimum atomic E-state index is -0.0461. The lowest BCUT2D eigenvalue weighted by molar-refractivity contribution is 0.0951. The van der Waals surface area contributed by atoms with Crippen molar-refractivity contribution in [2.24, 2.45) is 0 Å². The van der Waals surface area contributed by atoms with Gasteiger partial charge in [-0.2, -0.15) is 0 Å². The van der Waals surface area contributed by atoms with Gasteiger partial charge in [-0.15, -0.1) is 0 Å². The van der Waals surface area contributed by atoms with E-state index >= 15 is 0 Å². The molecule has 27 heavy (non-hydrogen) atoms. The lowest BCUT2D eigenvalue weighted by atomic mass is 10.1. The van der Waals surface area contributed by atoms with Crippen LogP contribution in [0, 0.1) is 11.8 Å². The molecule has 0 radical (unpaired) electrons. The van der Waals surface area contributed by atoms with E-state index in [0.29, 0.717) is 17.4 Å². The standard InChI is InChI=1S/C21H21N5O/c1-13(2)26-11-16(18-19(22)23-12-24-20(18)26)7-6-14-4-3-5-15(10-14)21(27)25-17-8-9-17/h3-5,10-13,17H,8-9H2,1-2H3,(H,25,27)(H2,22,23,24). The number of amides is 1. The Morgan fingerprint density at radius 2 is 2.11 bits per heavy atom. The molecule has 3 N–H and O–H groups in total. The van der Waals surface area contributed by atoms with Crippen LogP contribution in [0.3, 0.4) is 0 Å². The Morgan fingerprint density at radius 1 is 1.30 bits per heavy atom. The van der Waals surface area contributed by atoms with Gasteiger partial charge >= 0.3 is 0 Å².